The largest absolute Gasteiger partial charge is 0.439 e. The van der Waals surface area contributed by atoms with Gasteiger partial charge in [-0.2, -0.15) is 4.98 Å². The number of nitrogens with zero attached hydrogens (tertiary/aromatic N) is 2. The lowest BCUT2D eigenvalue weighted by molar-refractivity contribution is 0.461. The third-order valence-electron chi connectivity index (χ3n) is 3.23. The van der Waals surface area contributed by atoms with Gasteiger partial charge in [-0.15, -0.1) is 0 Å². The summed E-state index contributed by atoms with van der Waals surface area (Å²) in [6, 6.07) is 7.70. The van der Waals surface area contributed by atoms with Gasteiger partial charge in [-0.1, -0.05) is 17.7 Å². The SMILES string of the molecule is Nc1nc(Cl)cc(Oc2ccc3c(c2)CCCC3)n1. The minimum atomic E-state index is 0.112. The van der Waals surface area contributed by atoms with Crippen molar-refractivity contribution in [3.63, 3.8) is 0 Å². The van der Waals surface area contributed by atoms with E-state index in [0.717, 1.165) is 18.6 Å². The van der Waals surface area contributed by atoms with Gasteiger partial charge in [0, 0.05) is 6.07 Å². The second-order valence-corrected chi connectivity index (χ2v) is 5.01. The monoisotopic (exact) mass is 275 g/mol. The van der Waals surface area contributed by atoms with Crippen LogP contribution in [-0.4, -0.2) is 9.97 Å². The second kappa shape index (κ2) is 5.05. The van der Waals surface area contributed by atoms with Crippen LogP contribution in [0.25, 0.3) is 0 Å². The molecule has 0 fully saturated rings. The maximum absolute atomic E-state index is 5.82. The number of aromatic nitrogens is 2. The van der Waals surface area contributed by atoms with E-state index >= 15 is 0 Å². The fourth-order valence-electron chi connectivity index (χ4n) is 2.36. The Balaban J connectivity index is 1.86. The highest BCUT2D eigenvalue weighted by Crippen LogP contribution is 2.28. The first-order chi connectivity index (χ1) is 9.20. The molecule has 1 aromatic carbocycles. The van der Waals surface area contributed by atoms with E-state index in [9.17, 15) is 0 Å². The Bertz CT molecular complexity index is 595. The van der Waals surface area contributed by atoms with Crippen molar-refractivity contribution in [3.05, 3.63) is 40.5 Å². The number of hydrogen-bond acceptors (Lipinski definition) is 4. The van der Waals surface area contributed by atoms with Crippen molar-refractivity contribution < 1.29 is 4.74 Å². The van der Waals surface area contributed by atoms with Crippen LogP contribution < -0.4 is 10.5 Å². The van der Waals surface area contributed by atoms with Crippen LogP contribution in [0.1, 0.15) is 24.0 Å². The van der Waals surface area contributed by atoms with Crippen LogP contribution in [0.4, 0.5) is 5.95 Å². The molecule has 19 heavy (non-hydrogen) atoms. The molecule has 0 unspecified atom stereocenters. The maximum atomic E-state index is 5.82. The van der Waals surface area contributed by atoms with Gasteiger partial charge in [-0.3, -0.25) is 0 Å². The van der Waals surface area contributed by atoms with E-state index in [1.54, 1.807) is 6.07 Å². The smallest absolute Gasteiger partial charge is 0.225 e. The molecule has 0 spiro atoms. The lowest BCUT2D eigenvalue weighted by atomic mass is 9.92. The molecule has 5 heteroatoms. The van der Waals surface area contributed by atoms with E-state index in [1.807, 2.05) is 6.07 Å². The highest BCUT2D eigenvalue weighted by Gasteiger charge is 2.11. The number of aryl methyl sites for hydroxylation is 2. The lowest BCUT2D eigenvalue weighted by Crippen LogP contribution is -2.03. The molecule has 0 atom stereocenters. The summed E-state index contributed by atoms with van der Waals surface area (Å²) in [6.07, 6.45) is 4.77. The van der Waals surface area contributed by atoms with Crippen LogP contribution in [0.3, 0.4) is 0 Å². The molecule has 2 N–H and O–H groups in total. The van der Waals surface area contributed by atoms with Gasteiger partial charge >= 0.3 is 0 Å². The highest BCUT2D eigenvalue weighted by atomic mass is 35.5. The van der Waals surface area contributed by atoms with Crippen molar-refractivity contribution in [2.24, 2.45) is 0 Å². The number of ether oxygens (including phenoxy) is 1. The van der Waals surface area contributed by atoms with E-state index in [-0.39, 0.29) is 11.1 Å². The third kappa shape index (κ3) is 2.79. The molecule has 0 radical (unpaired) electrons. The van der Waals surface area contributed by atoms with Crippen LogP contribution in [0.5, 0.6) is 11.6 Å². The second-order valence-electron chi connectivity index (χ2n) is 4.63. The van der Waals surface area contributed by atoms with Crippen molar-refractivity contribution in [1.82, 2.24) is 9.97 Å². The van der Waals surface area contributed by atoms with Crippen molar-refractivity contribution in [2.45, 2.75) is 25.7 Å². The normalized spacial score (nSPS) is 13.9. The van der Waals surface area contributed by atoms with E-state index in [0.29, 0.717) is 5.88 Å². The van der Waals surface area contributed by atoms with Crippen LogP contribution >= 0.6 is 11.6 Å². The van der Waals surface area contributed by atoms with Gasteiger partial charge in [0.25, 0.3) is 0 Å². The van der Waals surface area contributed by atoms with Gasteiger partial charge in [0.2, 0.25) is 11.8 Å². The molecule has 0 saturated carbocycles. The molecule has 0 bridgehead atoms. The van der Waals surface area contributed by atoms with Crippen LogP contribution in [-0.2, 0) is 12.8 Å². The molecular weight excluding hydrogens is 262 g/mol. The summed E-state index contributed by atoms with van der Waals surface area (Å²) in [6.45, 7) is 0. The summed E-state index contributed by atoms with van der Waals surface area (Å²) < 4.78 is 5.69. The number of halogens is 1. The third-order valence-corrected chi connectivity index (χ3v) is 3.42. The maximum Gasteiger partial charge on any atom is 0.225 e. The molecule has 1 heterocycles. The zero-order valence-corrected chi connectivity index (χ0v) is 11.2. The van der Waals surface area contributed by atoms with Gasteiger partial charge in [0.1, 0.15) is 10.9 Å². The molecule has 2 aromatic rings. The zero-order valence-electron chi connectivity index (χ0n) is 10.4. The molecule has 0 saturated heterocycles. The first-order valence-corrected chi connectivity index (χ1v) is 6.68. The Morgan fingerprint density at radius 1 is 1.05 bits per heavy atom. The molecule has 0 amide bonds. The minimum absolute atomic E-state index is 0.112. The Morgan fingerprint density at radius 3 is 2.63 bits per heavy atom. The van der Waals surface area contributed by atoms with Crippen LogP contribution in [0, 0.1) is 0 Å². The van der Waals surface area contributed by atoms with Crippen molar-refractivity contribution in [1.29, 1.82) is 0 Å². The predicted octanol–water partition coefficient (Wildman–Crippen LogP) is 3.38. The average molecular weight is 276 g/mol. The van der Waals surface area contributed by atoms with Crippen molar-refractivity contribution in [2.75, 3.05) is 5.73 Å². The highest BCUT2D eigenvalue weighted by molar-refractivity contribution is 6.29. The van der Waals surface area contributed by atoms with Gasteiger partial charge in [-0.05, 0) is 48.9 Å². The molecule has 0 aliphatic heterocycles. The number of nitrogens with two attached hydrogens (primary N) is 1. The van der Waals surface area contributed by atoms with Gasteiger partial charge in [0.15, 0.2) is 0 Å². The molecule has 3 rings (SSSR count). The summed E-state index contributed by atoms with van der Waals surface area (Å²) in [4.78, 5) is 7.80. The van der Waals surface area contributed by atoms with E-state index in [4.69, 9.17) is 22.1 Å². The quantitative estimate of drug-likeness (QED) is 0.854. The van der Waals surface area contributed by atoms with Crippen molar-refractivity contribution in [3.8, 4) is 11.6 Å². The van der Waals surface area contributed by atoms with Gasteiger partial charge in [-0.25, -0.2) is 4.98 Å². The Morgan fingerprint density at radius 2 is 1.84 bits per heavy atom. The fourth-order valence-corrected chi connectivity index (χ4v) is 2.54. The Kier molecular flexibility index (Phi) is 3.25. The lowest BCUT2D eigenvalue weighted by Gasteiger charge is -2.16. The Hall–Kier alpha value is -1.81. The van der Waals surface area contributed by atoms with Crippen LogP contribution in [0.2, 0.25) is 5.15 Å². The topological polar surface area (TPSA) is 61.0 Å². The average Bonchev–Trinajstić information content (AvgIpc) is 2.37. The summed E-state index contributed by atoms with van der Waals surface area (Å²) in [7, 11) is 0. The van der Waals surface area contributed by atoms with E-state index < -0.39 is 0 Å². The number of fused-ring (bicyclic) bond motifs is 1. The van der Waals surface area contributed by atoms with E-state index in [2.05, 4.69) is 22.1 Å². The molecule has 1 aliphatic carbocycles. The Labute approximate surface area is 116 Å². The zero-order chi connectivity index (χ0) is 13.2. The number of rotatable bonds is 2. The fraction of sp³-hybridized carbons (Fsp3) is 0.286. The molecule has 1 aromatic heterocycles. The predicted molar refractivity (Wildman–Crippen MR) is 74.6 cm³/mol. The first kappa shape index (κ1) is 12.2. The summed E-state index contributed by atoms with van der Waals surface area (Å²) in [5.41, 5.74) is 8.31. The minimum Gasteiger partial charge on any atom is -0.439 e. The van der Waals surface area contributed by atoms with Crippen LogP contribution in [0.15, 0.2) is 24.3 Å². The van der Waals surface area contributed by atoms with Gasteiger partial charge < -0.3 is 10.5 Å². The van der Waals surface area contributed by atoms with E-state index in [1.165, 1.54) is 24.0 Å². The number of anilines is 1. The standard InChI is InChI=1S/C14H14ClN3O/c15-12-8-13(18-14(16)17-12)19-11-6-5-9-3-1-2-4-10(9)7-11/h5-8H,1-4H2,(H2,16,17,18). The molecule has 4 nitrogen and oxygen atoms in total. The molecule has 1 aliphatic rings. The first-order valence-electron chi connectivity index (χ1n) is 6.30. The van der Waals surface area contributed by atoms with Gasteiger partial charge in [0.05, 0.1) is 0 Å². The molecule has 98 valence electrons. The summed E-state index contributed by atoms with van der Waals surface area (Å²) in [5, 5.41) is 0.278. The molecular formula is C14H14ClN3O. The van der Waals surface area contributed by atoms with Crippen molar-refractivity contribution >= 4 is 17.5 Å². The number of benzene rings is 1. The number of nitrogen functional groups attached to an aromatic ring is 1. The summed E-state index contributed by atoms with van der Waals surface area (Å²) >= 11 is 5.82. The summed E-state index contributed by atoms with van der Waals surface area (Å²) in [5.74, 6) is 1.24. The number of hydrogen-bond donors (Lipinski definition) is 1.